The highest BCUT2D eigenvalue weighted by Crippen LogP contribution is 2.37. The summed E-state index contributed by atoms with van der Waals surface area (Å²) in [6.45, 7) is 9.48. The van der Waals surface area contributed by atoms with Crippen LogP contribution in [-0.4, -0.2) is 18.1 Å². The Kier molecular flexibility index (Phi) is 7.54. The van der Waals surface area contributed by atoms with Crippen LogP contribution in [0, 0.1) is 19.8 Å². The molecule has 2 atom stereocenters. The average molecular weight is 410 g/mol. The van der Waals surface area contributed by atoms with Crippen LogP contribution in [-0.2, 0) is 16.1 Å². The summed E-state index contributed by atoms with van der Waals surface area (Å²) < 4.78 is 12.2. The summed E-state index contributed by atoms with van der Waals surface area (Å²) >= 11 is 0. The van der Waals surface area contributed by atoms with E-state index in [1.54, 1.807) is 0 Å². The van der Waals surface area contributed by atoms with E-state index < -0.39 is 5.60 Å². The Labute approximate surface area is 181 Å². The lowest BCUT2D eigenvalue weighted by Gasteiger charge is -2.38. The maximum Gasteiger partial charge on any atom is 0.256 e. The highest BCUT2D eigenvalue weighted by molar-refractivity contribution is 5.97. The third-order valence-electron chi connectivity index (χ3n) is 5.90. The molecule has 0 saturated heterocycles. The molecule has 30 heavy (non-hydrogen) atoms. The first-order valence-electron chi connectivity index (χ1n) is 11.2. The van der Waals surface area contributed by atoms with Crippen LogP contribution < -0.4 is 10.1 Å². The molecule has 0 unspecified atom stereocenters. The van der Waals surface area contributed by atoms with Crippen molar-refractivity contribution < 1.29 is 14.3 Å². The van der Waals surface area contributed by atoms with Gasteiger partial charge in [-0.2, -0.15) is 0 Å². The van der Waals surface area contributed by atoms with E-state index in [2.05, 4.69) is 31.3 Å². The first-order valence-corrected chi connectivity index (χ1v) is 11.2. The highest BCUT2D eigenvalue weighted by Gasteiger charge is 2.42. The van der Waals surface area contributed by atoms with Crippen LogP contribution in [0.3, 0.4) is 0 Å². The number of benzene rings is 2. The first kappa shape index (κ1) is 22.4. The predicted octanol–water partition coefficient (Wildman–Crippen LogP) is 6.20. The van der Waals surface area contributed by atoms with E-state index >= 15 is 0 Å². The number of rotatable bonds is 8. The highest BCUT2D eigenvalue weighted by atomic mass is 16.5. The van der Waals surface area contributed by atoms with Crippen molar-refractivity contribution in [1.29, 1.82) is 0 Å². The van der Waals surface area contributed by atoms with Crippen LogP contribution in [0.15, 0.2) is 42.5 Å². The van der Waals surface area contributed by atoms with Crippen molar-refractivity contribution in [2.45, 2.75) is 72.0 Å². The van der Waals surface area contributed by atoms with Gasteiger partial charge in [-0.1, -0.05) is 50.6 Å². The van der Waals surface area contributed by atoms with Crippen molar-refractivity contribution in [3.8, 4) is 5.75 Å². The molecule has 1 aliphatic rings. The molecule has 2 aromatic rings. The molecular weight excluding hydrogens is 374 g/mol. The molecule has 2 aromatic carbocycles. The number of aryl methyl sites for hydroxylation is 2. The van der Waals surface area contributed by atoms with E-state index in [0.29, 0.717) is 19.1 Å². The zero-order valence-electron chi connectivity index (χ0n) is 18.8. The molecule has 0 heterocycles. The molecule has 1 aliphatic carbocycles. The van der Waals surface area contributed by atoms with Gasteiger partial charge in [-0.05, 0) is 74.3 Å². The fraction of sp³-hybridized carbons (Fsp3) is 0.500. The smallest absolute Gasteiger partial charge is 0.256 e. The summed E-state index contributed by atoms with van der Waals surface area (Å²) in [6.07, 6.45) is 4.68. The molecule has 4 nitrogen and oxygen atoms in total. The van der Waals surface area contributed by atoms with Crippen LogP contribution in [0.2, 0.25) is 0 Å². The minimum atomic E-state index is -0.710. The van der Waals surface area contributed by atoms with Crippen molar-refractivity contribution in [1.82, 2.24) is 0 Å². The molecule has 0 bridgehead atoms. The van der Waals surface area contributed by atoms with Gasteiger partial charge in [-0.15, -0.1) is 0 Å². The molecular formula is C26H35NO3. The Morgan fingerprint density at radius 2 is 1.87 bits per heavy atom. The topological polar surface area (TPSA) is 47.6 Å². The van der Waals surface area contributed by atoms with Gasteiger partial charge >= 0.3 is 0 Å². The molecule has 0 spiro atoms. The van der Waals surface area contributed by atoms with Crippen molar-refractivity contribution in [3.05, 3.63) is 59.2 Å². The number of anilines is 1. The third kappa shape index (κ3) is 5.42. The predicted molar refractivity (Wildman–Crippen MR) is 122 cm³/mol. The van der Waals surface area contributed by atoms with Crippen molar-refractivity contribution >= 4 is 11.6 Å². The number of amides is 1. The van der Waals surface area contributed by atoms with Gasteiger partial charge in [0.1, 0.15) is 18.0 Å². The zero-order chi connectivity index (χ0) is 21.6. The Bertz CT molecular complexity index is 826. The minimum Gasteiger partial charge on any atom is -0.488 e. The number of ether oxygens (including phenoxy) is 2. The zero-order valence-corrected chi connectivity index (χ0v) is 18.8. The normalized spacial score (nSPS) is 21.3. The summed E-state index contributed by atoms with van der Waals surface area (Å²) in [5, 5.41) is 3.15. The standard InChI is InChI=1S/C26H35NO3/c1-5-14-30-26(13-9-10-19(2)17-26)25(28)27-23-15-20(3)24(21(4)16-23)29-18-22-11-7-6-8-12-22/h6-8,11-12,15-16,19H,5,9-10,13-14,17-18H2,1-4H3,(H,27,28)/t19-,26-/m1/s1. The van der Waals surface area contributed by atoms with Gasteiger partial charge in [0.2, 0.25) is 0 Å². The molecule has 4 heteroatoms. The van der Waals surface area contributed by atoms with E-state index in [4.69, 9.17) is 9.47 Å². The van der Waals surface area contributed by atoms with E-state index in [1.165, 1.54) is 0 Å². The summed E-state index contributed by atoms with van der Waals surface area (Å²) in [4.78, 5) is 13.3. The second-order valence-corrected chi connectivity index (χ2v) is 8.71. The molecule has 0 aromatic heterocycles. The lowest BCUT2D eigenvalue weighted by atomic mass is 9.78. The molecule has 0 aliphatic heterocycles. The van der Waals surface area contributed by atoms with Crippen LogP contribution >= 0.6 is 0 Å². The molecule has 1 N–H and O–H groups in total. The Morgan fingerprint density at radius 1 is 1.17 bits per heavy atom. The van der Waals surface area contributed by atoms with E-state index in [-0.39, 0.29) is 5.91 Å². The number of hydrogen-bond acceptors (Lipinski definition) is 3. The van der Waals surface area contributed by atoms with Crippen molar-refractivity contribution in [3.63, 3.8) is 0 Å². The molecule has 162 valence electrons. The second kappa shape index (κ2) is 10.1. The van der Waals surface area contributed by atoms with Gasteiger partial charge < -0.3 is 14.8 Å². The van der Waals surface area contributed by atoms with Crippen LogP contribution in [0.25, 0.3) is 0 Å². The van der Waals surface area contributed by atoms with Crippen molar-refractivity contribution in [2.75, 3.05) is 11.9 Å². The van der Waals surface area contributed by atoms with E-state index in [0.717, 1.165) is 60.2 Å². The van der Waals surface area contributed by atoms with E-state index in [9.17, 15) is 4.79 Å². The van der Waals surface area contributed by atoms with Gasteiger partial charge in [0.25, 0.3) is 5.91 Å². The SMILES string of the molecule is CCCO[C@]1(C(=O)Nc2cc(C)c(OCc3ccccc3)c(C)c2)CCC[C@@H](C)C1. The molecule has 3 rings (SSSR count). The fourth-order valence-electron chi connectivity index (χ4n) is 4.43. The van der Waals surface area contributed by atoms with Gasteiger partial charge in [-0.3, -0.25) is 4.79 Å². The first-order chi connectivity index (χ1) is 14.4. The Balaban J connectivity index is 1.73. The van der Waals surface area contributed by atoms with E-state index in [1.807, 2.05) is 44.2 Å². The lowest BCUT2D eigenvalue weighted by molar-refractivity contribution is -0.148. The van der Waals surface area contributed by atoms with Gasteiger partial charge in [-0.25, -0.2) is 0 Å². The maximum atomic E-state index is 13.3. The minimum absolute atomic E-state index is 0.0146. The van der Waals surface area contributed by atoms with Crippen LogP contribution in [0.4, 0.5) is 5.69 Å². The molecule has 1 saturated carbocycles. The summed E-state index contributed by atoms with van der Waals surface area (Å²) in [5.41, 5.74) is 3.26. The van der Waals surface area contributed by atoms with Crippen LogP contribution in [0.5, 0.6) is 5.75 Å². The summed E-state index contributed by atoms with van der Waals surface area (Å²) in [5.74, 6) is 1.36. The fourth-order valence-corrected chi connectivity index (χ4v) is 4.43. The number of nitrogens with one attached hydrogen (secondary N) is 1. The van der Waals surface area contributed by atoms with Gasteiger partial charge in [0.05, 0.1) is 0 Å². The molecule has 0 radical (unpaired) electrons. The second-order valence-electron chi connectivity index (χ2n) is 8.71. The summed E-state index contributed by atoms with van der Waals surface area (Å²) in [7, 11) is 0. The largest absolute Gasteiger partial charge is 0.488 e. The number of hydrogen-bond donors (Lipinski definition) is 1. The summed E-state index contributed by atoms with van der Waals surface area (Å²) in [6, 6.07) is 14.1. The van der Waals surface area contributed by atoms with Gasteiger partial charge in [0, 0.05) is 12.3 Å². The Hall–Kier alpha value is -2.33. The monoisotopic (exact) mass is 409 g/mol. The lowest BCUT2D eigenvalue weighted by Crippen LogP contribution is -2.48. The Morgan fingerprint density at radius 3 is 2.50 bits per heavy atom. The molecule has 1 fully saturated rings. The third-order valence-corrected chi connectivity index (χ3v) is 5.90. The maximum absolute atomic E-state index is 13.3. The van der Waals surface area contributed by atoms with Gasteiger partial charge in [0.15, 0.2) is 0 Å². The number of carbonyl (C=O) groups excluding carboxylic acids is 1. The number of carbonyl (C=O) groups is 1. The van der Waals surface area contributed by atoms with Crippen LogP contribution in [0.1, 0.15) is 62.6 Å². The molecule has 1 amide bonds. The quantitative estimate of drug-likeness (QED) is 0.565. The average Bonchev–Trinajstić information content (AvgIpc) is 2.72. The van der Waals surface area contributed by atoms with Crippen molar-refractivity contribution in [2.24, 2.45) is 5.92 Å².